The molecule has 5 rings (SSSR count). The molecule has 0 fully saturated rings. The lowest BCUT2D eigenvalue weighted by molar-refractivity contribution is -0.129. The Morgan fingerprint density at radius 1 is 1.12 bits per heavy atom. The van der Waals surface area contributed by atoms with Gasteiger partial charge >= 0.3 is 0 Å². The number of benzene rings is 2. The van der Waals surface area contributed by atoms with E-state index in [-0.39, 0.29) is 11.8 Å². The first-order chi connectivity index (χ1) is 16.5. The number of rotatable bonds is 6. The van der Waals surface area contributed by atoms with Gasteiger partial charge in [-0.15, -0.1) is 34.4 Å². The Morgan fingerprint density at radius 3 is 2.65 bits per heavy atom. The molecule has 34 heavy (non-hydrogen) atoms. The lowest BCUT2D eigenvalue weighted by Gasteiger charge is -2.26. The summed E-state index contributed by atoms with van der Waals surface area (Å²) in [6.45, 7) is 5.01. The monoisotopic (exact) mass is 507 g/mol. The number of nitrogens with zero attached hydrogens (tertiary/aromatic N) is 2. The highest BCUT2D eigenvalue weighted by Gasteiger charge is 2.28. The van der Waals surface area contributed by atoms with E-state index in [0.29, 0.717) is 19.5 Å². The molecule has 174 valence electrons. The lowest BCUT2D eigenvalue weighted by Crippen LogP contribution is -2.33. The molecule has 0 spiro atoms. The van der Waals surface area contributed by atoms with Gasteiger partial charge in [0, 0.05) is 28.8 Å². The van der Waals surface area contributed by atoms with Crippen LogP contribution in [0.4, 0.5) is 5.00 Å². The quantitative estimate of drug-likeness (QED) is 0.315. The van der Waals surface area contributed by atoms with Crippen molar-refractivity contribution < 1.29 is 9.59 Å². The number of fused-ring (bicyclic) bond motifs is 2. The summed E-state index contributed by atoms with van der Waals surface area (Å²) in [7, 11) is 0. The molecule has 0 atom stereocenters. The number of amides is 2. The predicted octanol–water partition coefficient (Wildman–Crippen LogP) is 6.22. The van der Waals surface area contributed by atoms with Gasteiger partial charge in [-0.2, -0.15) is 0 Å². The zero-order valence-electron chi connectivity index (χ0n) is 19.1. The summed E-state index contributed by atoms with van der Waals surface area (Å²) in [5, 5.41) is 4.93. The Bertz CT molecular complexity index is 1320. The number of thiophene rings is 1. The molecule has 4 aromatic rings. The van der Waals surface area contributed by atoms with E-state index in [4.69, 9.17) is 4.98 Å². The van der Waals surface area contributed by atoms with E-state index in [9.17, 15) is 9.59 Å². The first kappa shape index (κ1) is 23.1. The maximum atomic E-state index is 13.0. The van der Waals surface area contributed by atoms with E-state index in [0.717, 1.165) is 48.4 Å². The number of nitrogens with one attached hydrogen (secondary N) is 1. The number of anilines is 1. The first-order valence-electron chi connectivity index (χ1n) is 11.3. The van der Waals surface area contributed by atoms with Gasteiger partial charge in [0.05, 0.1) is 23.2 Å². The van der Waals surface area contributed by atoms with Crippen molar-refractivity contribution in [3.8, 4) is 10.6 Å². The number of carbonyl (C=O) groups is 2. The van der Waals surface area contributed by atoms with Gasteiger partial charge in [-0.25, -0.2) is 4.98 Å². The fraction of sp³-hybridized carbons (Fsp3) is 0.269. The summed E-state index contributed by atoms with van der Waals surface area (Å²) in [5.74, 6) is 1.06. The highest BCUT2D eigenvalue weighted by Crippen LogP contribution is 2.45. The normalized spacial score (nSPS) is 13.2. The standard InChI is InChI=1S/C26H25N3O2S3/c1-3-32-18-10-8-17(9-11-18)14-23(31)28-26-24(25-27-20-6-4-5-7-21(20)33-25)19-12-13-29(16(2)30)15-22(19)34-26/h4-11H,3,12-15H2,1-2H3,(H,28,31). The van der Waals surface area contributed by atoms with E-state index in [1.807, 2.05) is 35.2 Å². The van der Waals surface area contributed by atoms with Gasteiger partial charge < -0.3 is 10.2 Å². The van der Waals surface area contributed by atoms with Crippen molar-refractivity contribution in [3.63, 3.8) is 0 Å². The molecule has 2 amide bonds. The summed E-state index contributed by atoms with van der Waals surface area (Å²) in [5.41, 5.74) is 4.18. The number of hydrogen-bond acceptors (Lipinski definition) is 6. The van der Waals surface area contributed by atoms with Gasteiger partial charge in [0.15, 0.2) is 0 Å². The number of para-hydroxylation sites is 1. The molecule has 0 aliphatic carbocycles. The van der Waals surface area contributed by atoms with Crippen LogP contribution in [0.15, 0.2) is 53.4 Å². The van der Waals surface area contributed by atoms with E-state index in [1.54, 1.807) is 41.4 Å². The molecule has 8 heteroatoms. The summed E-state index contributed by atoms with van der Waals surface area (Å²) in [4.78, 5) is 34.1. The van der Waals surface area contributed by atoms with E-state index < -0.39 is 0 Å². The Morgan fingerprint density at radius 2 is 1.91 bits per heavy atom. The zero-order chi connectivity index (χ0) is 23.7. The molecule has 0 radical (unpaired) electrons. The largest absolute Gasteiger partial charge is 0.337 e. The van der Waals surface area contributed by atoms with E-state index >= 15 is 0 Å². The predicted molar refractivity (Wildman–Crippen MR) is 143 cm³/mol. The molecule has 0 saturated carbocycles. The number of thiazole rings is 1. The van der Waals surface area contributed by atoms with Crippen LogP contribution >= 0.6 is 34.4 Å². The number of aromatic nitrogens is 1. The molecule has 1 N–H and O–H groups in total. The Labute approximate surface area is 211 Å². The minimum atomic E-state index is -0.0414. The SMILES string of the molecule is CCSc1ccc(CC(=O)Nc2sc3c(c2-c2nc4ccccc4s2)CCN(C(C)=O)C3)cc1. The van der Waals surface area contributed by atoms with Crippen LogP contribution in [0.1, 0.15) is 29.9 Å². The average molecular weight is 508 g/mol. The molecule has 0 saturated heterocycles. The number of carbonyl (C=O) groups excluding carboxylic acids is 2. The second-order valence-electron chi connectivity index (χ2n) is 8.19. The maximum absolute atomic E-state index is 13.0. The third kappa shape index (κ3) is 4.76. The van der Waals surface area contributed by atoms with Crippen molar-refractivity contribution in [2.45, 2.75) is 38.1 Å². The lowest BCUT2D eigenvalue weighted by atomic mass is 10.0. The van der Waals surface area contributed by atoms with Crippen molar-refractivity contribution in [3.05, 3.63) is 64.5 Å². The van der Waals surface area contributed by atoms with Crippen LogP contribution in [0.3, 0.4) is 0 Å². The topological polar surface area (TPSA) is 62.3 Å². The minimum absolute atomic E-state index is 0.0414. The molecule has 3 heterocycles. The second kappa shape index (κ2) is 9.90. The van der Waals surface area contributed by atoms with Gasteiger partial charge in [0.25, 0.3) is 0 Å². The smallest absolute Gasteiger partial charge is 0.229 e. The highest BCUT2D eigenvalue weighted by molar-refractivity contribution is 7.99. The van der Waals surface area contributed by atoms with Gasteiger partial charge in [-0.3, -0.25) is 9.59 Å². The Hall–Kier alpha value is -2.68. The molecule has 1 aliphatic heterocycles. The second-order valence-corrected chi connectivity index (χ2v) is 11.7. The third-order valence-corrected chi connectivity index (χ3v) is 8.94. The molecule has 2 aromatic heterocycles. The van der Waals surface area contributed by atoms with Crippen LogP contribution in [0.2, 0.25) is 0 Å². The fourth-order valence-corrected chi connectivity index (χ4v) is 7.24. The summed E-state index contributed by atoms with van der Waals surface area (Å²) >= 11 is 5.01. The van der Waals surface area contributed by atoms with Crippen LogP contribution < -0.4 is 5.32 Å². The summed E-state index contributed by atoms with van der Waals surface area (Å²) in [6.07, 6.45) is 1.08. The maximum Gasteiger partial charge on any atom is 0.229 e. The molecular weight excluding hydrogens is 483 g/mol. The Kier molecular flexibility index (Phi) is 6.72. The molecule has 0 bridgehead atoms. The van der Waals surface area contributed by atoms with Crippen molar-refractivity contribution in [1.29, 1.82) is 0 Å². The van der Waals surface area contributed by atoms with Crippen LogP contribution in [0, 0.1) is 0 Å². The molecule has 2 aromatic carbocycles. The first-order valence-corrected chi connectivity index (χ1v) is 13.9. The number of thioether (sulfide) groups is 1. The highest BCUT2D eigenvalue weighted by atomic mass is 32.2. The Balaban J connectivity index is 1.46. The molecule has 5 nitrogen and oxygen atoms in total. The minimum Gasteiger partial charge on any atom is -0.337 e. The van der Waals surface area contributed by atoms with E-state index in [1.165, 1.54) is 10.5 Å². The zero-order valence-corrected chi connectivity index (χ0v) is 21.5. The third-order valence-electron chi connectivity index (χ3n) is 5.86. The van der Waals surface area contributed by atoms with Crippen molar-refractivity contribution in [2.24, 2.45) is 0 Å². The van der Waals surface area contributed by atoms with Crippen molar-refractivity contribution in [2.75, 3.05) is 17.6 Å². The summed E-state index contributed by atoms with van der Waals surface area (Å²) in [6, 6.07) is 16.3. The molecule has 0 unspecified atom stereocenters. The van der Waals surface area contributed by atoms with Crippen molar-refractivity contribution in [1.82, 2.24) is 9.88 Å². The fourth-order valence-electron chi connectivity index (χ4n) is 4.19. The van der Waals surface area contributed by atoms with Crippen LogP contribution in [-0.4, -0.2) is 34.0 Å². The number of hydrogen-bond donors (Lipinski definition) is 1. The van der Waals surface area contributed by atoms with Gasteiger partial charge in [0.2, 0.25) is 11.8 Å². The van der Waals surface area contributed by atoms with Crippen LogP contribution in [0.5, 0.6) is 0 Å². The molecule has 1 aliphatic rings. The van der Waals surface area contributed by atoms with Gasteiger partial charge in [-0.05, 0) is 47.6 Å². The summed E-state index contributed by atoms with van der Waals surface area (Å²) < 4.78 is 1.13. The van der Waals surface area contributed by atoms with Crippen LogP contribution in [0.25, 0.3) is 20.8 Å². The van der Waals surface area contributed by atoms with Gasteiger partial charge in [0.1, 0.15) is 10.0 Å². The van der Waals surface area contributed by atoms with E-state index in [2.05, 4.69) is 30.4 Å². The molecular formula is C26H25N3O2S3. The van der Waals surface area contributed by atoms with Crippen molar-refractivity contribution >= 4 is 61.5 Å². The van der Waals surface area contributed by atoms with Crippen LogP contribution in [-0.2, 0) is 29.0 Å². The average Bonchev–Trinajstić information content (AvgIpc) is 3.40. The van der Waals surface area contributed by atoms with Gasteiger partial charge in [-0.1, -0.05) is 31.2 Å².